The first-order valence-corrected chi connectivity index (χ1v) is 8.08. The predicted molar refractivity (Wildman–Crippen MR) is 85.7 cm³/mol. The highest BCUT2D eigenvalue weighted by Crippen LogP contribution is 2.31. The molecule has 0 aliphatic heterocycles. The highest BCUT2D eigenvalue weighted by molar-refractivity contribution is 7.23. The first kappa shape index (κ1) is 14.0. The highest BCUT2D eigenvalue weighted by atomic mass is 32.1. The Morgan fingerprint density at radius 2 is 2.00 bits per heavy atom. The number of esters is 1. The molecule has 0 amide bonds. The maximum Gasteiger partial charge on any atom is 0.350 e. The van der Waals surface area contributed by atoms with Crippen molar-refractivity contribution < 1.29 is 9.53 Å². The molecule has 0 saturated carbocycles. The SMILES string of the molecule is CCOC(=O)c1sc(Nc2nc3ccccc3s2)nc1C. The van der Waals surface area contributed by atoms with Gasteiger partial charge in [0.2, 0.25) is 0 Å². The van der Waals surface area contributed by atoms with Crippen LogP contribution < -0.4 is 5.32 Å². The number of nitrogens with zero attached hydrogens (tertiary/aromatic N) is 2. The van der Waals surface area contributed by atoms with Crippen molar-refractivity contribution in [3.05, 3.63) is 34.8 Å². The van der Waals surface area contributed by atoms with Gasteiger partial charge in [-0.3, -0.25) is 0 Å². The molecule has 108 valence electrons. The lowest BCUT2D eigenvalue weighted by molar-refractivity contribution is 0.0531. The van der Waals surface area contributed by atoms with Crippen LogP contribution in [0.25, 0.3) is 10.2 Å². The molecule has 0 aliphatic rings. The molecule has 0 unspecified atom stereocenters. The molecule has 0 saturated heterocycles. The van der Waals surface area contributed by atoms with Gasteiger partial charge in [0.05, 0.1) is 22.5 Å². The van der Waals surface area contributed by atoms with Gasteiger partial charge in [-0.15, -0.1) is 0 Å². The van der Waals surface area contributed by atoms with Crippen LogP contribution in [-0.2, 0) is 4.74 Å². The van der Waals surface area contributed by atoms with Crippen LogP contribution in [0.3, 0.4) is 0 Å². The minimum absolute atomic E-state index is 0.329. The normalized spacial score (nSPS) is 10.8. The summed E-state index contributed by atoms with van der Waals surface area (Å²) < 4.78 is 6.12. The summed E-state index contributed by atoms with van der Waals surface area (Å²) in [5.41, 5.74) is 1.62. The minimum atomic E-state index is -0.329. The summed E-state index contributed by atoms with van der Waals surface area (Å²) in [5.74, 6) is -0.329. The largest absolute Gasteiger partial charge is 0.462 e. The average molecular weight is 319 g/mol. The number of ether oxygens (including phenoxy) is 1. The number of para-hydroxylation sites is 1. The summed E-state index contributed by atoms with van der Waals surface area (Å²) in [7, 11) is 0. The van der Waals surface area contributed by atoms with Crippen LogP contribution in [0.2, 0.25) is 0 Å². The number of rotatable bonds is 4. The number of carbonyl (C=O) groups excluding carboxylic acids is 1. The Morgan fingerprint density at radius 3 is 2.76 bits per heavy atom. The third-order valence-corrected chi connectivity index (χ3v) is 4.77. The number of aryl methyl sites for hydroxylation is 1. The van der Waals surface area contributed by atoms with Crippen molar-refractivity contribution in [2.24, 2.45) is 0 Å². The van der Waals surface area contributed by atoms with Crippen LogP contribution >= 0.6 is 22.7 Å². The summed E-state index contributed by atoms with van der Waals surface area (Å²) in [4.78, 5) is 21.1. The molecule has 1 aromatic carbocycles. The van der Waals surface area contributed by atoms with Gasteiger partial charge < -0.3 is 10.1 Å². The van der Waals surface area contributed by atoms with Crippen LogP contribution in [-0.4, -0.2) is 22.5 Å². The van der Waals surface area contributed by atoms with Gasteiger partial charge in [-0.05, 0) is 26.0 Å². The fourth-order valence-corrected chi connectivity index (χ4v) is 3.64. The van der Waals surface area contributed by atoms with E-state index in [4.69, 9.17) is 4.74 Å². The van der Waals surface area contributed by atoms with Gasteiger partial charge in [-0.1, -0.05) is 34.8 Å². The highest BCUT2D eigenvalue weighted by Gasteiger charge is 2.17. The van der Waals surface area contributed by atoms with Gasteiger partial charge >= 0.3 is 5.97 Å². The lowest BCUT2D eigenvalue weighted by atomic mass is 10.3. The maximum atomic E-state index is 11.8. The molecule has 0 atom stereocenters. The molecule has 2 heterocycles. The molecule has 1 N–H and O–H groups in total. The second-order valence-electron chi connectivity index (χ2n) is 4.27. The van der Waals surface area contributed by atoms with Crippen LogP contribution in [0, 0.1) is 6.92 Å². The number of hydrogen-bond acceptors (Lipinski definition) is 7. The lowest BCUT2D eigenvalue weighted by Crippen LogP contribution is -2.03. The first-order valence-electron chi connectivity index (χ1n) is 6.44. The monoisotopic (exact) mass is 319 g/mol. The standard InChI is InChI=1S/C14H13N3O2S2/c1-3-19-12(18)11-8(2)15-13(21-11)17-14-16-9-6-4-5-7-10(9)20-14/h4-7H,3H2,1-2H3,(H,15,16,17). The van der Waals surface area contributed by atoms with Crippen molar-refractivity contribution in [3.63, 3.8) is 0 Å². The topological polar surface area (TPSA) is 64.1 Å². The second-order valence-corrected chi connectivity index (χ2v) is 6.30. The number of hydrogen-bond donors (Lipinski definition) is 1. The molecule has 3 aromatic rings. The lowest BCUT2D eigenvalue weighted by Gasteiger charge is -1.97. The molecule has 5 nitrogen and oxygen atoms in total. The quantitative estimate of drug-likeness (QED) is 0.737. The molecule has 0 fully saturated rings. The molecule has 21 heavy (non-hydrogen) atoms. The number of carbonyl (C=O) groups is 1. The van der Waals surface area contributed by atoms with Crippen LogP contribution in [0.15, 0.2) is 24.3 Å². The van der Waals surface area contributed by atoms with E-state index in [2.05, 4.69) is 15.3 Å². The summed E-state index contributed by atoms with van der Waals surface area (Å²) >= 11 is 2.84. The zero-order valence-electron chi connectivity index (χ0n) is 11.5. The Labute approximate surface area is 129 Å². The van der Waals surface area contributed by atoms with E-state index in [0.717, 1.165) is 15.3 Å². The third kappa shape index (κ3) is 2.88. The molecule has 0 spiro atoms. The Balaban J connectivity index is 1.84. The smallest absolute Gasteiger partial charge is 0.350 e. The van der Waals surface area contributed by atoms with Crippen LogP contribution in [0.4, 0.5) is 10.3 Å². The van der Waals surface area contributed by atoms with E-state index >= 15 is 0 Å². The van der Waals surface area contributed by atoms with E-state index in [1.165, 1.54) is 11.3 Å². The molecular weight excluding hydrogens is 306 g/mol. The second kappa shape index (κ2) is 5.79. The van der Waals surface area contributed by atoms with Crippen molar-refractivity contribution in [1.82, 2.24) is 9.97 Å². The average Bonchev–Trinajstić information content (AvgIpc) is 3.02. The van der Waals surface area contributed by atoms with Gasteiger partial charge in [0.15, 0.2) is 10.3 Å². The summed E-state index contributed by atoms with van der Waals surface area (Å²) in [6.45, 7) is 3.94. The molecule has 2 aromatic heterocycles. The molecule has 0 radical (unpaired) electrons. The molecule has 3 rings (SSSR count). The van der Waals surface area contributed by atoms with E-state index in [0.29, 0.717) is 22.3 Å². The third-order valence-electron chi connectivity index (χ3n) is 2.77. The predicted octanol–water partition coefficient (Wildman–Crippen LogP) is 3.98. The van der Waals surface area contributed by atoms with E-state index < -0.39 is 0 Å². The summed E-state index contributed by atoms with van der Waals surface area (Å²) in [6, 6.07) is 7.93. The number of aromatic nitrogens is 2. The Morgan fingerprint density at radius 1 is 1.24 bits per heavy atom. The van der Waals surface area contributed by atoms with Crippen molar-refractivity contribution in [3.8, 4) is 0 Å². The molecule has 0 aliphatic carbocycles. The van der Waals surface area contributed by atoms with E-state index in [-0.39, 0.29) is 5.97 Å². The minimum Gasteiger partial charge on any atom is -0.462 e. The van der Waals surface area contributed by atoms with Crippen molar-refractivity contribution in [1.29, 1.82) is 0 Å². The number of fused-ring (bicyclic) bond motifs is 1. The first-order chi connectivity index (χ1) is 10.2. The number of nitrogens with one attached hydrogen (secondary N) is 1. The number of thiazole rings is 2. The van der Waals surface area contributed by atoms with Crippen molar-refractivity contribution >= 4 is 49.1 Å². The van der Waals surface area contributed by atoms with Crippen LogP contribution in [0.5, 0.6) is 0 Å². The zero-order chi connectivity index (χ0) is 14.8. The fourth-order valence-electron chi connectivity index (χ4n) is 1.85. The van der Waals surface area contributed by atoms with Gasteiger partial charge in [-0.2, -0.15) is 0 Å². The van der Waals surface area contributed by atoms with E-state index in [9.17, 15) is 4.79 Å². The Bertz CT molecular complexity index is 761. The fraction of sp³-hybridized carbons (Fsp3) is 0.214. The molecule has 7 heteroatoms. The molecule has 0 bridgehead atoms. The Kier molecular flexibility index (Phi) is 3.85. The number of anilines is 2. The van der Waals surface area contributed by atoms with Gasteiger partial charge in [0.25, 0.3) is 0 Å². The summed E-state index contributed by atoms with van der Waals surface area (Å²) in [6.07, 6.45) is 0. The molecular formula is C14H13N3O2S2. The summed E-state index contributed by atoms with van der Waals surface area (Å²) in [5, 5.41) is 4.57. The van der Waals surface area contributed by atoms with Gasteiger partial charge in [0, 0.05) is 0 Å². The van der Waals surface area contributed by atoms with Crippen molar-refractivity contribution in [2.75, 3.05) is 11.9 Å². The maximum absolute atomic E-state index is 11.8. The van der Waals surface area contributed by atoms with E-state index in [1.807, 2.05) is 24.3 Å². The van der Waals surface area contributed by atoms with E-state index in [1.54, 1.807) is 25.2 Å². The van der Waals surface area contributed by atoms with Gasteiger partial charge in [0.1, 0.15) is 4.88 Å². The number of benzene rings is 1. The van der Waals surface area contributed by atoms with Crippen molar-refractivity contribution in [2.45, 2.75) is 13.8 Å². The Hall–Kier alpha value is -1.99. The van der Waals surface area contributed by atoms with Crippen LogP contribution in [0.1, 0.15) is 22.3 Å². The zero-order valence-corrected chi connectivity index (χ0v) is 13.2. The van der Waals surface area contributed by atoms with Gasteiger partial charge in [-0.25, -0.2) is 14.8 Å².